The zero-order valence-corrected chi connectivity index (χ0v) is 20.1. The molecule has 0 aliphatic carbocycles. The Morgan fingerprint density at radius 2 is 1.64 bits per heavy atom. The molecule has 1 saturated heterocycles. The van der Waals surface area contributed by atoms with Gasteiger partial charge in [0.2, 0.25) is 0 Å². The van der Waals surface area contributed by atoms with Crippen LogP contribution in [-0.2, 0) is 6.18 Å². The van der Waals surface area contributed by atoms with E-state index < -0.39 is 17.3 Å². The lowest BCUT2D eigenvalue weighted by Crippen LogP contribution is -2.26. The lowest BCUT2D eigenvalue weighted by molar-refractivity contribution is -0.137. The maximum absolute atomic E-state index is 14.1. The van der Waals surface area contributed by atoms with Crippen LogP contribution in [0.3, 0.4) is 0 Å². The Morgan fingerprint density at radius 1 is 0.972 bits per heavy atom. The average Bonchev–Trinajstić information content (AvgIpc) is 3.53. The number of alkyl halides is 3. The van der Waals surface area contributed by atoms with Crippen LogP contribution >= 0.6 is 0 Å². The van der Waals surface area contributed by atoms with Crippen LogP contribution in [0.25, 0.3) is 27.8 Å². The number of halogens is 3. The molecule has 0 radical (unpaired) electrons. The fraction of sp³-hybridized carbons (Fsp3) is 0.308. The van der Waals surface area contributed by atoms with E-state index in [2.05, 4.69) is 10.1 Å². The third-order valence-corrected chi connectivity index (χ3v) is 6.42. The molecule has 0 atom stereocenters. The summed E-state index contributed by atoms with van der Waals surface area (Å²) in [6.45, 7) is 3.27. The van der Waals surface area contributed by atoms with Crippen LogP contribution in [0.15, 0.2) is 47.3 Å². The molecule has 0 spiro atoms. The Labute approximate surface area is 205 Å². The molecule has 188 valence electrons. The quantitative estimate of drug-likeness (QED) is 0.403. The molecule has 1 fully saturated rings. The van der Waals surface area contributed by atoms with E-state index >= 15 is 0 Å². The second kappa shape index (κ2) is 8.92. The van der Waals surface area contributed by atoms with Gasteiger partial charge in [0, 0.05) is 41.5 Å². The van der Waals surface area contributed by atoms with Crippen molar-refractivity contribution in [1.29, 1.82) is 0 Å². The summed E-state index contributed by atoms with van der Waals surface area (Å²) in [5.74, 6) is 0.965. The average molecular weight is 499 g/mol. The van der Waals surface area contributed by atoms with Gasteiger partial charge in [-0.25, -0.2) is 0 Å². The number of rotatable bonds is 5. The molecule has 0 unspecified atom stereocenters. The standard InChI is InChI=1S/C26H25F3N4O3/c1-15-10-20-23(16-11-18(35-2)14-19(12-16)36-3)31-33(25(34)24(20)30-15)22-13-17(32-8-4-5-9-32)6-7-21(22)26(27,28)29/h6-7,10-14,30H,4-5,8-9H2,1-3H3. The highest BCUT2D eigenvalue weighted by Crippen LogP contribution is 2.37. The van der Waals surface area contributed by atoms with Crippen molar-refractivity contribution in [3.63, 3.8) is 0 Å². The summed E-state index contributed by atoms with van der Waals surface area (Å²) in [7, 11) is 3.00. The molecule has 4 aromatic rings. The summed E-state index contributed by atoms with van der Waals surface area (Å²) in [4.78, 5) is 18.5. The van der Waals surface area contributed by atoms with Gasteiger partial charge in [0.15, 0.2) is 0 Å². The smallest absolute Gasteiger partial charge is 0.418 e. The molecule has 0 saturated carbocycles. The van der Waals surface area contributed by atoms with Crippen LogP contribution in [0.2, 0.25) is 0 Å². The number of benzene rings is 2. The van der Waals surface area contributed by atoms with Crippen LogP contribution in [0, 0.1) is 6.92 Å². The molecule has 0 amide bonds. The first-order valence-corrected chi connectivity index (χ1v) is 11.5. The summed E-state index contributed by atoms with van der Waals surface area (Å²) >= 11 is 0. The van der Waals surface area contributed by atoms with Crippen LogP contribution in [-0.4, -0.2) is 42.1 Å². The van der Waals surface area contributed by atoms with Gasteiger partial charge in [-0.2, -0.15) is 23.0 Å². The van der Waals surface area contributed by atoms with Crippen LogP contribution in [0.4, 0.5) is 18.9 Å². The maximum atomic E-state index is 14.1. The Kier molecular flexibility index (Phi) is 5.89. The van der Waals surface area contributed by atoms with Gasteiger partial charge in [0.05, 0.1) is 25.5 Å². The molecule has 2 aromatic heterocycles. The van der Waals surface area contributed by atoms with Gasteiger partial charge in [0.25, 0.3) is 5.56 Å². The Hall–Kier alpha value is -3.95. The predicted molar refractivity (Wildman–Crippen MR) is 131 cm³/mol. The lowest BCUT2D eigenvalue weighted by Gasteiger charge is -2.21. The number of H-pyrrole nitrogens is 1. The summed E-state index contributed by atoms with van der Waals surface area (Å²) in [5, 5.41) is 5.00. The summed E-state index contributed by atoms with van der Waals surface area (Å²) in [5.41, 5.74) is 0.411. The second-order valence-electron chi connectivity index (χ2n) is 8.80. The fourth-order valence-corrected chi connectivity index (χ4v) is 4.68. The number of ether oxygens (including phenoxy) is 2. The molecule has 1 aliphatic heterocycles. The Bertz CT molecular complexity index is 1480. The second-order valence-corrected chi connectivity index (χ2v) is 8.80. The summed E-state index contributed by atoms with van der Waals surface area (Å²) in [6, 6.07) is 10.7. The number of nitrogens with one attached hydrogen (secondary N) is 1. The normalized spacial score (nSPS) is 14.0. The molecule has 7 nitrogen and oxygen atoms in total. The molecule has 5 rings (SSSR count). The molecule has 3 heterocycles. The zero-order chi connectivity index (χ0) is 25.6. The van der Waals surface area contributed by atoms with Crippen LogP contribution < -0.4 is 19.9 Å². The van der Waals surface area contributed by atoms with E-state index in [1.54, 1.807) is 31.2 Å². The topological polar surface area (TPSA) is 72.4 Å². The lowest BCUT2D eigenvalue weighted by atomic mass is 10.1. The first kappa shape index (κ1) is 23.8. The van der Waals surface area contributed by atoms with Gasteiger partial charge in [-0.3, -0.25) is 4.79 Å². The number of fused-ring (bicyclic) bond motifs is 1. The van der Waals surface area contributed by atoms with E-state index in [0.717, 1.165) is 36.7 Å². The van der Waals surface area contributed by atoms with E-state index in [0.29, 0.717) is 39.5 Å². The highest BCUT2D eigenvalue weighted by molar-refractivity contribution is 5.93. The van der Waals surface area contributed by atoms with Gasteiger partial charge in [-0.1, -0.05) is 0 Å². The minimum Gasteiger partial charge on any atom is -0.497 e. The van der Waals surface area contributed by atoms with Crippen molar-refractivity contribution in [2.75, 3.05) is 32.2 Å². The first-order valence-electron chi connectivity index (χ1n) is 11.5. The van der Waals surface area contributed by atoms with E-state index in [-0.39, 0.29) is 11.2 Å². The van der Waals surface area contributed by atoms with Gasteiger partial charge in [-0.15, -0.1) is 0 Å². The van der Waals surface area contributed by atoms with Gasteiger partial charge in [-0.05, 0) is 56.2 Å². The molecular formula is C26H25F3N4O3. The maximum Gasteiger partial charge on any atom is 0.418 e. The number of anilines is 1. The third-order valence-electron chi connectivity index (χ3n) is 6.42. The van der Waals surface area contributed by atoms with Gasteiger partial charge in [0.1, 0.15) is 22.7 Å². The monoisotopic (exact) mass is 498 g/mol. The number of aromatic nitrogens is 3. The van der Waals surface area contributed by atoms with E-state index in [4.69, 9.17) is 9.47 Å². The highest BCUT2D eigenvalue weighted by atomic mass is 19.4. The number of hydrogen-bond acceptors (Lipinski definition) is 5. The molecule has 10 heteroatoms. The fourth-order valence-electron chi connectivity index (χ4n) is 4.68. The highest BCUT2D eigenvalue weighted by Gasteiger charge is 2.35. The van der Waals surface area contributed by atoms with Crippen molar-refractivity contribution >= 4 is 16.6 Å². The van der Waals surface area contributed by atoms with Crippen molar-refractivity contribution in [3.8, 4) is 28.4 Å². The zero-order valence-electron chi connectivity index (χ0n) is 20.1. The summed E-state index contributed by atoms with van der Waals surface area (Å²) < 4.78 is 53.9. The predicted octanol–water partition coefficient (Wildman–Crippen LogP) is 5.33. The van der Waals surface area contributed by atoms with Gasteiger partial charge >= 0.3 is 6.18 Å². The van der Waals surface area contributed by atoms with Crippen molar-refractivity contribution < 1.29 is 22.6 Å². The number of aromatic amines is 1. The van der Waals surface area contributed by atoms with Crippen LogP contribution in [0.5, 0.6) is 11.5 Å². The molecule has 36 heavy (non-hydrogen) atoms. The molecular weight excluding hydrogens is 473 g/mol. The van der Waals surface area contributed by atoms with Crippen molar-refractivity contribution in [3.05, 3.63) is 64.1 Å². The largest absolute Gasteiger partial charge is 0.497 e. The van der Waals surface area contributed by atoms with E-state index in [1.807, 2.05) is 4.90 Å². The number of methoxy groups -OCH3 is 2. The Balaban J connectivity index is 1.82. The van der Waals surface area contributed by atoms with Crippen molar-refractivity contribution in [1.82, 2.24) is 14.8 Å². The molecule has 0 bridgehead atoms. The number of nitrogens with zero attached hydrogens (tertiary/aromatic N) is 3. The molecule has 1 N–H and O–H groups in total. The summed E-state index contributed by atoms with van der Waals surface area (Å²) in [6.07, 6.45) is -2.76. The number of aryl methyl sites for hydroxylation is 1. The van der Waals surface area contributed by atoms with E-state index in [9.17, 15) is 18.0 Å². The minimum atomic E-state index is -4.68. The Morgan fingerprint density at radius 3 is 2.25 bits per heavy atom. The van der Waals surface area contributed by atoms with Crippen molar-refractivity contribution in [2.24, 2.45) is 0 Å². The van der Waals surface area contributed by atoms with Crippen molar-refractivity contribution in [2.45, 2.75) is 25.9 Å². The minimum absolute atomic E-state index is 0.166. The molecule has 1 aliphatic rings. The SMILES string of the molecule is COc1cc(OC)cc(-c2nn(-c3cc(N4CCCC4)ccc3C(F)(F)F)c(=O)c3[nH]c(C)cc23)c1. The number of hydrogen-bond donors (Lipinski definition) is 1. The third kappa shape index (κ3) is 4.16. The first-order chi connectivity index (χ1) is 17.2. The van der Waals surface area contributed by atoms with Gasteiger partial charge < -0.3 is 19.4 Å². The van der Waals surface area contributed by atoms with E-state index in [1.165, 1.54) is 26.4 Å². The molecule has 2 aromatic carbocycles. The van der Waals surface area contributed by atoms with Crippen LogP contribution in [0.1, 0.15) is 24.1 Å².